The Bertz CT molecular complexity index is 1460. The molecular weight excluding hydrogens is 554 g/mol. The Hall–Kier alpha value is -3.41. The average Bonchev–Trinajstić information content (AvgIpc) is 3.48. The molecule has 6 rings (SSSR count). The summed E-state index contributed by atoms with van der Waals surface area (Å²) in [6.07, 6.45) is 8.83. The van der Waals surface area contributed by atoms with E-state index in [2.05, 4.69) is 33.8 Å². The molecule has 12 heteroatoms. The molecule has 0 spiro atoms. The molecular formula is C30H41N7O4S. The number of urea groups is 1. The molecule has 0 aromatic carbocycles. The van der Waals surface area contributed by atoms with Crippen LogP contribution < -0.4 is 19.8 Å². The van der Waals surface area contributed by atoms with Crippen molar-refractivity contribution in [2.45, 2.75) is 75.8 Å². The van der Waals surface area contributed by atoms with Crippen LogP contribution in [0.25, 0.3) is 0 Å². The molecule has 226 valence electrons. The number of carbonyl (C=O) groups excluding carboxylic acids is 2. The summed E-state index contributed by atoms with van der Waals surface area (Å²) in [6.45, 7) is 7.54. The smallest absolute Gasteiger partial charge is 0.325 e. The molecule has 5 heterocycles. The number of hydrogen-bond donors (Lipinski definition) is 2. The van der Waals surface area contributed by atoms with E-state index in [0.717, 1.165) is 25.8 Å². The average molecular weight is 596 g/mol. The predicted octanol–water partition coefficient (Wildman–Crippen LogP) is 4.23. The first-order chi connectivity index (χ1) is 20.1. The third kappa shape index (κ3) is 5.77. The van der Waals surface area contributed by atoms with E-state index in [1.807, 2.05) is 4.90 Å². The highest BCUT2D eigenvalue weighted by Crippen LogP contribution is 2.40. The molecule has 11 nitrogen and oxygen atoms in total. The van der Waals surface area contributed by atoms with E-state index in [0.29, 0.717) is 55.5 Å². The van der Waals surface area contributed by atoms with Gasteiger partial charge in [-0.2, -0.15) is 8.42 Å². The Morgan fingerprint density at radius 2 is 1.79 bits per heavy atom. The largest absolute Gasteiger partial charge is 0.370 e. The Balaban J connectivity index is 1.34. The van der Waals surface area contributed by atoms with Crippen LogP contribution in [0, 0.1) is 11.8 Å². The first-order valence-corrected chi connectivity index (χ1v) is 16.7. The third-order valence-electron chi connectivity index (χ3n) is 9.22. The van der Waals surface area contributed by atoms with Crippen LogP contribution in [0.15, 0.2) is 35.4 Å². The van der Waals surface area contributed by atoms with Crippen molar-refractivity contribution in [2.24, 2.45) is 11.8 Å². The van der Waals surface area contributed by atoms with Crippen LogP contribution in [0.1, 0.15) is 75.6 Å². The number of nitrogens with zero attached hydrogens (tertiary/aromatic N) is 5. The van der Waals surface area contributed by atoms with Crippen LogP contribution in [-0.4, -0.2) is 73.5 Å². The summed E-state index contributed by atoms with van der Waals surface area (Å²) in [5.41, 5.74) is -0.159. The van der Waals surface area contributed by atoms with Crippen molar-refractivity contribution in [3.05, 3.63) is 35.9 Å². The lowest BCUT2D eigenvalue weighted by molar-refractivity contribution is 0.0981. The zero-order valence-corrected chi connectivity index (χ0v) is 25.3. The van der Waals surface area contributed by atoms with E-state index in [1.165, 1.54) is 38.2 Å². The quantitative estimate of drug-likeness (QED) is 0.540. The van der Waals surface area contributed by atoms with Gasteiger partial charge in [-0.05, 0) is 82.1 Å². The van der Waals surface area contributed by atoms with Crippen molar-refractivity contribution in [2.75, 3.05) is 47.8 Å². The molecule has 1 atom stereocenters. The second-order valence-electron chi connectivity index (χ2n) is 12.8. The molecule has 2 aromatic heterocycles. The molecule has 2 N–H and O–H groups in total. The van der Waals surface area contributed by atoms with Crippen molar-refractivity contribution in [3.8, 4) is 0 Å². The SMILES string of the molecule is CC1(C)C[C@@H]2CCCNc3cccc(n3)S(=O)(=O)NC(=O)c3ccc(N4CCN(CC5CCCCC5)C4=O)nc3N1C2. The fourth-order valence-corrected chi connectivity index (χ4v) is 8.01. The minimum absolute atomic E-state index is 0.0609. The normalized spacial score (nSPS) is 24.4. The van der Waals surface area contributed by atoms with E-state index in [4.69, 9.17) is 4.98 Å². The van der Waals surface area contributed by atoms with Crippen molar-refractivity contribution >= 4 is 39.4 Å². The van der Waals surface area contributed by atoms with Crippen molar-refractivity contribution in [1.29, 1.82) is 0 Å². The monoisotopic (exact) mass is 595 g/mol. The van der Waals surface area contributed by atoms with Gasteiger partial charge in [0, 0.05) is 38.3 Å². The predicted molar refractivity (Wildman–Crippen MR) is 161 cm³/mol. The molecule has 3 aliphatic heterocycles. The molecule has 0 radical (unpaired) electrons. The second-order valence-corrected chi connectivity index (χ2v) is 14.4. The number of fused-ring (bicyclic) bond motifs is 6. The summed E-state index contributed by atoms with van der Waals surface area (Å²) < 4.78 is 28.6. The third-order valence-corrected chi connectivity index (χ3v) is 10.4. The molecule has 2 saturated heterocycles. The Kier molecular flexibility index (Phi) is 7.75. The summed E-state index contributed by atoms with van der Waals surface area (Å²) >= 11 is 0. The van der Waals surface area contributed by atoms with Crippen molar-refractivity contribution < 1.29 is 18.0 Å². The van der Waals surface area contributed by atoms with Gasteiger partial charge in [0.1, 0.15) is 17.5 Å². The summed E-state index contributed by atoms with van der Waals surface area (Å²) in [7, 11) is -4.24. The lowest BCUT2D eigenvalue weighted by atomic mass is 9.89. The number of nitrogens with one attached hydrogen (secondary N) is 2. The molecule has 4 aliphatic rings. The molecule has 4 bridgehead atoms. The lowest BCUT2D eigenvalue weighted by Gasteiger charge is -2.34. The van der Waals surface area contributed by atoms with Gasteiger partial charge in [-0.3, -0.25) is 9.69 Å². The Morgan fingerprint density at radius 3 is 2.60 bits per heavy atom. The van der Waals surface area contributed by atoms with Gasteiger partial charge < -0.3 is 15.1 Å². The van der Waals surface area contributed by atoms with Gasteiger partial charge in [-0.25, -0.2) is 19.5 Å². The molecule has 2 aromatic rings. The Morgan fingerprint density at radius 1 is 0.976 bits per heavy atom. The molecule has 3 fully saturated rings. The van der Waals surface area contributed by atoms with Crippen LogP contribution >= 0.6 is 0 Å². The van der Waals surface area contributed by atoms with Gasteiger partial charge in [0.2, 0.25) is 0 Å². The number of aromatic nitrogens is 2. The van der Waals surface area contributed by atoms with Crippen molar-refractivity contribution in [3.63, 3.8) is 0 Å². The number of carbonyl (C=O) groups is 2. The van der Waals surface area contributed by atoms with Crippen LogP contribution in [0.2, 0.25) is 0 Å². The maximum Gasteiger partial charge on any atom is 0.325 e. The number of hydrogen-bond acceptors (Lipinski definition) is 8. The van der Waals surface area contributed by atoms with E-state index < -0.39 is 15.9 Å². The number of sulfonamides is 1. The van der Waals surface area contributed by atoms with Crippen LogP contribution in [0.3, 0.4) is 0 Å². The molecule has 42 heavy (non-hydrogen) atoms. The summed E-state index contributed by atoms with van der Waals surface area (Å²) in [4.78, 5) is 42.0. The molecule has 3 amide bonds. The fourth-order valence-electron chi connectivity index (χ4n) is 7.07. The minimum Gasteiger partial charge on any atom is -0.370 e. The number of anilines is 3. The van der Waals surface area contributed by atoms with E-state index in [9.17, 15) is 18.0 Å². The first-order valence-electron chi connectivity index (χ1n) is 15.2. The minimum atomic E-state index is -4.24. The van der Waals surface area contributed by atoms with Gasteiger partial charge in [0.05, 0.1) is 5.56 Å². The lowest BCUT2D eigenvalue weighted by Crippen LogP contribution is -2.41. The highest BCUT2D eigenvalue weighted by molar-refractivity contribution is 7.90. The van der Waals surface area contributed by atoms with E-state index in [-0.39, 0.29) is 22.2 Å². The van der Waals surface area contributed by atoms with Gasteiger partial charge in [-0.1, -0.05) is 25.3 Å². The Labute approximate surface area is 248 Å². The maximum absolute atomic E-state index is 13.6. The van der Waals surface area contributed by atoms with Gasteiger partial charge in [0.25, 0.3) is 15.9 Å². The summed E-state index contributed by atoms with van der Waals surface area (Å²) in [5.74, 6) is 1.48. The zero-order chi connectivity index (χ0) is 29.5. The van der Waals surface area contributed by atoms with Gasteiger partial charge in [0.15, 0.2) is 5.03 Å². The number of rotatable bonds is 3. The summed E-state index contributed by atoms with van der Waals surface area (Å²) in [6, 6.07) is 7.89. The van der Waals surface area contributed by atoms with Crippen LogP contribution in [0.5, 0.6) is 0 Å². The molecule has 0 unspecified atom stereocenters. The van der Waals surface area contributed by atoms with Gasteiger partial charge in [-0.15, -0.1) is 0 Å². The fraction of sp³-hybridized carbons (Fsp3) is 0.600. The maximum atomic E-state index is 13.6. The van der Waals surface area contributed by atoms with Gasteiger partial charge >= 0.3 is 6.03 Å². The molecule has 1 saturated carbocycles. The molecule has 1 aliphatic carbocycles. The van der Waals surface area contributed by atoms with Crippen molar-refractivity contribution in [1.82, 2.24) is 19.6 Å². The summed E-state index contributed by atoms with van der Waals surface area (Å²) in [5, 5.41) is 2.98. The number of pyridine rings is 2. The highest BCUT2D eigenvalue weighted by Gasteiger charge is 2.41. The standard InChI is InChI=1S/C30H41N7O4S/c1-30(2)18-22-10-7-15-31-24-11-6-12-26(32-24)42(40,41)34-28(38)23-13-14-25(33-27(23)37(30)20-22)36-17-16-35(29(36)39)19-21-8-4-3-5-9-21/h6,11-14,21-22H,3-5,7-10,15-20H2,1-2H3,(H,31,32)(H,34,38)/t22-/m0/s1. The number of amides is 3. The topological polar surface area (TPSA) is 128 Å². The first kappa shape index (κ1) is 28.7. The van der Waals surface area contributed by atoms with E-state index in [1.54, 1.807) is 29.2 Å². The second kappa shape index (κ2) is 11.3. The zero-order valence-electron chi connectivity index (χ0n) is 24.5. The van der Waals surface area contributed by atoms with Crippen LogP contribution in [0.4, 0.5) is 22.2 Å². The van der Waals surface area contributed by atoms with Crippen LogP contribution in [-0.2, 0) is 10.0 Å². The van der Waals surface area contributed by atoms with E-state index >= 15 is 0 Å². The highest BCUT2D eigenvalue weighted by atomic mass is 32.2.